The molecule has 0 saturated heterocycles. The standard InChI is InChI=1S/C17H17Cl2N5O/c1-10-14(11(2)23(3)22-10)7-16(24-9-20-8-21-24)17(25)13-5-4-12(18)6-15(13)19/h4-9,17,25H,1-3H3/b16-7-/t17-/m1/s1. The molecule has 0 spiro atoms. The minimum absolute atomic E-state index is 0.380. The second-order valence-electron chi connectivity index (χ2n) is 5.69. The zero-order valence-corrected chi connectivity index (χ0v) is 15.5. The summed E-state index contributed by atoms with van der Waals surface area (Å²) in [6, 6.07) is 4.98. The number of aromatic nitrogens is 5. The maximum absolute atomic E-state index is 11.0. The van der Waals surface area contributed by atoms with Crippen molar-refractivity contribution in [2.75, 3.05) is 0 Å². The van der Waals surface area contributed by atoms with Gasteiger partial charge in [-0.15, -0.1) is 0 Å². The fourth-order valence-electron chi connectivity index (χ4n) is 2.64. The van der Waals surface area contributed by atoms with E-state index in [0.29, 0.717) is 21.3 Å². The van der Waals surface area contributed by atoms with Crippen LogP contribution in [0.1, 0.15) is 28.6 Å². The Morgan fingerprint density at radius 2 is 2.04 bits per heavy atom. The molecule has 2 heterocycles. The third kappa shape index (κ3) is 3.46. The predicted molar refractivity (Wildman–Crippen MR) is 98.3 cm³/mol. The number of hydrogen-bond acceptors (Lipinski definition) is 4. The summed E-state index contributed by atoms with van der Waals surface area (Å²) < 4.78 is 3.31. The van der Waals surface area contributed by atoms with E-state index in [1.807, 2.05) is 27.0 Å². The molecule has 0 radical (unpaired) electrons. The van der Waals surface area contributed by atoms with Gasteiger partial charge in [-0.1, -0.05) is 29.3 Å². The van der Waals surface area contributed by atoms with Crippen LogP contribution in [0, 0.1) is 13.8 Å². The molecule has 0 amide bonds. The van der Waals surface area contributed by atoms with Crippen molar-refractivity contribution >= 4 is 35.0 Å². The van der Waals surface area contributed by atoms with Crippen molar-refractivity contribution in [3.8, 4) is 0 Å². The van der Waals surface area contributed by atoms with Gasteiger partial charge < -0.3 is 5.11 Å². The number of aliphatic hydroxyl groups excluding tert-OH is 1. The lowest BCUT2D eigenvalue weighted by Gasteiger charge is -2.17. The molecule has 1 N–H and O–H groups in total. The lowest BCUT2D eigenvalue weighted by Crippen LogP contribution is -2.09. The summed E-state index contributed by atoms with van der Waals surface area (Å²) in [4.78, 5) is 3.97. The van der Waals surface area contributed by atoms with Crippen molar-refractivity contribution in [3.05, 3.63) is 63.4 Å². The number of benzene rings is 1. The smallest absolute Gasteiger partial charge is 0.138 e. The highest BCUT2D eigenvalue weighted by Gasteiger charge is 2.21. The van der Waals surface area contributed by atoms with Crippen LogP contribution < -0.4 is 0 Å². The summed E-state index contributed by atoms with van der Waals surface area (Å²) in [6.07, 6.45) is 3.78. The SMILES string of the molecule is Cc1nn(C)c(C)c1/C=C(/[C@H](O)c1ccc(Cl)cc1Cl)n1cncn1. The maximum Gasteiger partial charge on any atom is 0.138 e. The van der Waals surface area contributed by atoms with Gasteiger partial charge in [-0.2, -0.15) is 10.2 Å². The summed E-state index contributed by atoms with van der Waals surface area (Å²) >= 11 is 12.2. The van der Waals surface area contributed by atoms with Crippen molar-refractivity contribution in [1.29, 1.82) is 0 Å². The van der Waals surface area contributed by atoms with Gasteiger partial charge in [0.2, 0.25) is 0 Å². The number of hydrogen-bond donors (Lipinski definition) is 1. The van der Waals surface area contributed by atoms with Crippen molar-refractivity contribution in [2.45, 2.75) is 20.0 Å². The second-order valence-corrected chi connectivity index (χ2v) is 6.53. The Labute approximate surface area is 155 Å². The highest BCUT2D eigenvalue weighted by Crippen LogP contribution is 2.33. The molecule has 3 aromatic rings. The van der Waals surface area contributed by atoms with E-state index >= 15 is 0 Å². The van der Waals surface area contributed by atoms with E-state index in [0.717, 1.165) is 17.0 Å². The minimum Gasteiger partial charge on any atom is -0.382 e. The Morgan fingerprint density at radius 3 is 2.60 bits per heavy atom. The summed E-state index contributed by atoms with van der Waals surface area (Å²) in [5.41, 5.74) is 3.79. The molecule has 0 unspecified atom stereocenters. The van der Waals surface area contributed by atoms with E-state index < -0.39 is 6.10 Å². The molecule has 0 fully saturated rings. The van der Waals surface area contributed by atoms with Crippen LogP contribution in [-0.2, 0) is 7.05 Å². The third-order valence-electron chi connectivity index (χ3n) is 4.08. The van der Waals surface area contributed by atoms with Crippen LogP contribution in [0.3, 0.4) is 0 Å². The average Bonchev–Trinajstić information content (AvgIpc) is 3.15. The van der Waals surface area contributed by atoms with Gasteiger partial charge in [0.1, 0.15) is 18.8 Å². The predicted octanol–water partition coefficient (Wildman–Crippen LogP) is 3.67. The van der Waals surface area contributed by atoms with Gasteiger partial charge in [-0.3, -0.25) is 4.68 Å². The van der Waals surface area contributed by atoms with Crippen LogP contribution in [-0.4, -0.2) is 29.7 Å². The van der Waals surface area contributed by atoms with Crippen molar-refractivity contribution < 1.29 is 5.11 Å². The Bertz CT molecular complexity index is 931. The van der Waals surface area contributed by atoms with E-state index in [2.05, 4.69) is 15.2 Å². The topological polar surface area (TPSA) is 68.8 Å². The normalized spacial score (nSPS) is 13.3. The first kappa shape index (κ1) is 17.7. The molecule has 6 nitrogen and oxygen atoms in total. The van der Waals surface area contributed by atoms with Crippen LogP contribution in [0.2, 0.25) is 10.0 Å². The molecular formula is C17H17Cl2N5O. The molecule has 0 bridgehead atoms. The number of rotatable bonds is 4. The molecule has 0 aliphatic carbocycles. The first-order valence-electron chi connectivity index (χ1n) is 7.58. The van der Waals surface area contributed by atoms with Crippen LogP contribution >= 0.6 is 23.2 Å². The fraction of sp³-hybridized carbons (Fsp3) is 0.235. The lowest BCUT2D eigenvalue weighted by atomic mass is 10.0. The zero-order chi connectivity index (χ0) is 18.1. The van der Waals surface area contributed by atoms with Gasteiger partial charge in [-0.05, 0) is 32.1 Å². The Morgan fingerprint density at radius 1 is 1.28 bits per heavy atom. The van der Waals surface area contributed by atoms with Crippen LogP contribution in [0.25, 0.3) is 11.8 Å². The molecule has 0 aliphatic rings. The minimum atomic E-state index is -1.01. The number of halogens is 2. The molecule has 0 saturated carbocycles. The fourth-order valence-corrected chi connectivity index (χ4v) is 3.15. The molecule has 3 rings (SSSR count). The van der Waals surface area contributed by atoms with Crippen molar-refractivity contribution in [3.63, 3.8) is 0 Å². The van der Waals surface area contributed by atoms with Gasteiger partial charge >= 0.3 is 0 Å². The van der Waals surface area contributed by atoms with Gasteiger partial charge in [0.15, 0.2) is 0 Å². The van der Waals surface area contributed by atoms with Gasteiger partial charge in [0.05, 0.1) is 11.4 Å². The summed E-state index contributed by atoms with van der Waals surface area (Å²) in [5.74, 6) is 0. The Hall–Kier alpha value is -2.15. The van der Waals surface area contributed by atoms with E-state index in [1.54, 1.807) is 22.9 Å². The quantitative estimate of drug-likeness (QED) is 0.752. The van der Waals surface area contributed by atoms with E-state index in [4.69, 9.17) is 23.2 Å². The first-order valence-corrected chi connectivity index (χ1v) is 8.34. The molecule has 130 valence electrons. The third-order valence-corrected chi connectivity index (χ3v) is 4.64. The highest BCUT2D eigenvalue weighted by molar-refractivity contribution is 6.35. The van der Waals surface area contributed by atoms with Crippen molar-refractivity contribution in [1.82, 2.24) is 24.5 Å². The molecule has 8 heteroatoms. The first-order chi connectivity index (χ1) is 11.9. The number of aliphatic hydroxyl groups is 1. The molecule has 1 aromatic carbocycles. The van der Waals surface area contributed by atoms with E-state index in [9.17, 15) is 5.11 Å². The second kappa shape index (κ2) is 7.00. The van der Waals surface area contributed by atoms with Crippen molar-refractivity contribution in [2.24, 2.45) is 7.05 Å². The van der Waals surface area contributed by atoms with E-state index in [-0.39, 0.29) is 0 Å². The number of aryl methyl sites for hydroxylation is 2. The van der Waals surface area contributed by atoms with Gasteiger partial charge in [-0.25, -0.2) is 9.67 Å². The Kier molecular flexibility index (Phi) is 4.94. The molecular weight excluding hydrogens is 361 g/mol. The number of nitrogens with zero attached hydrogens (tertiary/aromatic N) is 5. The molecule has 25 heavy (non-hydrogen) atoms. The summed E-state index contributed by atoms with van der Waals surface area (Å²) in [6.45, 7) is 3.88. The molecule has 0 aliphatic heterocycles. The molecule has 1 atom stereocenters. The van der Waals surface area contributed by atoms with Crippen LogP contribution in [0.5, 0.6) is 0 Å². The zero-order valence-electron chi connectivity index (χ0n) is 14.0. The van der Waals surface area contributed by atoms with Gasteiger partial charge in [0.25, 0.3) is 0 Å². The average molecular weight is 378 g/mol. The van der Waals surface area contributed by atoms with Crippen LogP contribution in [0.15, 0.2) is 30.9 Å². The maximum atomic E-state index is 11.0. The molecule has 2 aromatic heterocycles. The van der Waals surface area contributed by atoms with Crippen LogP contribution in [0.4, 0.5) is 0 Å². The summed E-state index contributed by atoms with van der Waals surface area (Å²) in [7, 11) is 1.88. The van der Waals surface area contributed by atoms with E-state index in [1.165, 1.54) is 17.3 Å². The monoisotopic (exact) mass is 377 g/mol. The lowest BCUT2D eigenvalue weighted by molar-refractivity contribution is 0.231. The largest absolute Gasteiger partial charge is 0.382 e. The summed E-state index contributed by atoms with van der Waals surface area (Å²) in [5, 5.41) is 20.4. The van der Waals surface area contributed by atoms with Gasteiger partial charge in [0, 0.05) is 33.9 Å². The highest BCUT2D eigenvalue weighted by atomic mass is 35.5. The Balaban J connectivity index is 2.14.